The summed E-state index contributed by atoms with van der Waals surface area (Å²) in [6.07, 6.45) is 5.39. The van der Waals surface area contributed by atoms with Gasteiger partial charge in [-0.2, -0.15) is 4.31 Å². The predicted molar refractivity (Wildman–Crippen MR) is 137 cm³/mol. The van der Waals surface area contributed by atoms with Crippen molar-refractivity contribution in [3.63, 3.8) is 0 Å². The molecule has 190 valence electrons. The van der Waals surface area contributed by atoms with Gasteiger partial charge >= 0.3 is 0 Å². The van der Waals surface area contributed by atoms with Crippen molar-refractivity contribution in [1.82, 2.24) is 14.2 Å². The molecule has 0 radical (unpaired) electrons. The number of thiazole rings is 1. The van der Waals surface area contributed by atoms with Crippen LogP contribution in [0, 0.1) is 24.6 Å². The molecule has 3 unspecified atom stereocenters. The lowest BCUT2D eigenvalue weighted by Gasteiger charge is -2.37. The molecule has 0 spiro atoms. The molecule has 4 atom stereocenters. The van der Waals surface area contributed by atoms with Gasteiger partial charge in [0.2, 0.25) is 15.9 Å². The number of fused-ring (bicyclic) bond motifs is 2. The summed E-state index contributed by atoms with van der Waals surface area (Å²) in [6.45, 7) is 2.31. The second-order valence-corrected chi connectivity index (χ2v) is 13.3. The van der Waals surface area contributed by atoms with Gasteiger partial charge in [0.05, 0.1) is 20.6 Å². The smallest absolute Gasteiger partial charge is 0.243 e. The minimum absolute atomic E-state index is 0.0932. The van der Waals surface area contributed by atoms with Crippen LogP contribution in [0.2, 0.25) is 0 Å². The number of hydrogen-bond acceptors (Lipinski definition) is 5. The summed E-state index contributed by atoms with van der Waals surface area (Å²) in [5.74, 6) is 0.785. The van der Waals surface area contributed by atoms with E-state index in [4.69, 9.17) is 0 Å². The minimum Gasteiger partial charge on any atom is -0.334 e. The first kappa shape index (κ1) is 24.0. The quantitative estimate of drug-likeness (QED) is 0.447. The van der Waals surface area contributed by atoms with Crippen LogP contribution in [0.15, 0.2) is 46.8 Å². The van der Waals surface area contributed by atoms with Crippen molar-refractivity contribution < 1.29 is 17.6 Å². The van der Waals surface area contributed by atoms with E-state index in [0.717, 1.165) is 47.0 Å². The van der Waals surface area contributed by atoms with Crippen LogP contribution >= 0.6 is 11.3 Å². The highest BCUT2D eigenvalue weighted by atomic mass is 32.2. The maximum atomic E-state index is 14.2. The van der Waals surface area contributed by atoms with Crippen molar-refractivity contribution in [2.24, 2.45) is 11.8 Å². The molecule has 0 N–H and O–H groups in total. The lowest BCUT2D eigenvalue weighted by molar-refractivity contribution is -0.138. The van der Waals surface area contributed by atoms with Gasteiger partial charge in [0.25, 0.3) is 0 Å². The molecule has 6 rings (SSSR count). The third kappa shape index (κ3) is 4.35. The Morgan fingerprint density at radius 1 is 1.14 bits per heavy atom. The zero-order valence-corrected chi connectivity index (χ0v) is 21.9. The van der Waals surface area contributed by atoms with Gasteiger partial charge in [-0.25, -0.2) is 17.8 Å². The number of aryl methyl sites for hydroxylation is 1. The maximum Gasteiger partial charge on any atom is 0.243 e. The number of nitrogens with zero attached hydrogens (tertiary/aromatic N) is 3. The van der Waals surface area contributed by atoms with Crippen molar-refractivity contribution >= 4 is 37.5 Å². The second-order valence-electron chi connectivity index (χ2n) is 10.5. The van der Waals surface area contributed by atoms with Crippen LogP contribution in [0.5, 0.6) is 0 Å². The van der Waals surface area contributed by atoms with E-state index in [0.29, 0.717) is 30.9 Å². The fourth-order valence-corrected chi connectivity index (χ4v) is 8.35. The van der Waals surface area contributed by atoms with E-state index in [1.807, 2.05) is 28.6 Å². The summed E-state index contributed by atoms with van der Waals surface area (Å²) in [5, 5.41) is 0. The van der Waals surface area contributed by atoms with Crippen molar-refractivity contribution in [3.8, 4) is 0 Å². The number of amides is 1. The Balaban J connectivity index is 1.30. The highest BCUT2D eigenvalue weighted by molar-refractivity contribution is 7.89. The van der Waals surface area contributed by atoms with Crippen LogP contribution in [0.4, 0.5) is 4.39 Å². The number of halogens is 1. The van der Waals surface area contributed by atoms with Crippen LogP contribution in [0.1, 0.15) is 49.7 Å². The van der Waals surface area contributed by atoms with E-state index in [1.165, 1.54) is 22.9 Å². The number of benzene rings is 2. The number of sulfonamides is 1. The first-order chi connectivity index (χ1) is 17.3. The summed E-state index contributed by atoms with van der Waals surface area (Å²) < 4.78 is 43.7. The van der Waals surface area contributed by atoms with Gasteiger partial charge in [0.1, 0.15) is 11.9 Å². The van der Waals surface area contributed by atoms with E-state index < -0.39 is 21.9 Å². The topological polar surface area (TPSA) is 70.6 Å². The molecule has 2 saturated carbocycles. The van der Waals surface area contributed by atoms with E-state index >= 15 is 0 Å². The molecule has 2 aromatic carbocycles. The number of aromatic nitrogens is 1. The summed E-state index contributed by atoms with van der Waals surface area (Å²) in [5.41, 5.74) is 4.14. The van der Waals surface area contributed by atoms with E-state index in [-0.39, 0.29) is 23.4 Å². The van der Waals surface area contributed by atoms with E-state index in [1.54, 1.807) is 18.3 Å². The highest BCUT2D eigenvalue weighted by Crippen LogP contribution is 2.50. The Labute approximate surface area is 215 Å². The highest BCUT2D eigenvalue weighted by Gasteiger charge is 2.47. The molecule has 1 aromatic heterocycles. The Kier molecular flexibility index (Phi) is 6.13. The van der Waals surface area contributed by atoms with Gasteiger partial charge in [0, 0.05) is 19.1 Å². The molecule has 2 heterocycles. The zero-order valence-electron chi connectivity index (χ0n) is 20.3. The molecule has 1 saturated heterocycles. The molecule has 6 nitrogen and oxygen atoms in total. The minimum atomic E-state index is -4.00. The Morgan fingerprint density at radius 2 is 2.00 bits per heavy atom. The average molecular weight is 528 g/mol. The Hall–Kier alpha value is -2.36. The Morgan fingerprint density at radius 3 is 2.81 bits per heavy atom. The summed E-state index contributed by atoms with van der Waals surface area (Å²) >= 11 is 1.59. The molecule has 3 fully saturated rings. The number of carbonyl (C=O) groups is 1. The maximum absolute atomic E-state index is 14.2. The fraction of sp³-hybridized carbons (Fsp3) is 0.481. The SMILES string of the molecule is Cc1ccc(S(=O)(=O)N2CCC[C@H]2C(=O)N(Cc2ccc3scnc3c2)C2CCC3CC3C2)cc1F. The summed E-state index contributed by atoms with van der Waals surface area (Å²) in [6, 6.07) is 9.44. The molecular weight excluding hydrogens is 497 g/mol. The van der Waals surface area contributed by atoms with Crippen LogP contribution in [0.3, 0.4) is 0 Å². The average Bonchev–Trinajstić information content (AvgIpc) is 3.24. The van der Waals surface area contributed by atoms with Crippen LogP contribution < -0.4 is 0 Å². The van der Waals surface area contributed by atoms with Gasteiger partial charge in [0.15, 0.2) is 0 Å². The molecule has 3 aliphatic rings. The van der Waals surface area contributed by atoms with E-state index in [9.17, 15) is 17.6 Å². The van der Waals surface area contributed by atoms with Gasteiger partial charge in [-0.3, -0.25) is 4.79 Å². The largest absolute Gasteiger partial charge is 0.334 e. The normalized spacial score (nSPS) is 26.2. The van der Waals surface area contributed by atoms with E-state index in [2.05, 4.69) is 4.98 Å². The lowest BCUT2D eigenvalue weighted by Crippen LogP contribution is -2.51. The van der Waals surface area contributed by atoms with Gasteiger partial charge in [-0.05, 0) is 92.7 Å². The fourth-order valence-electron chi connectivity index (χ4n) is 6.03. The van der Waals surface area contributed by atoms with Crippen LogP contribution in [0.25, 0.3) is 10.2 Å². The third-order valence-electron chi connectivity index (χ3n) is 8.22. The van der Waals surface area contributed by atoms with Gasteiger partial charge < -0.3 is 4.90 Å². The second kappa shape index (κ2) is 9.19. The number of carbonyl (C=O) groups excluding carboxylic acids is 1. The van der Waals surface area contributed by atoms with Crippen molar-refractivity contribution in [2.45, 2.75) is 69.0 Å². The monoisotopic (exact) mass is 527 g/mol. The molecular formula is C27H30FN3O3S2. The zero-order chi connectivity index (χ0) is 25.0. The first-order valence-electron chi connectivity index (χ1n) is 12.7. The molecule has 0 bridgehead atoms. The van der Waals surface area contributed by atoms with Crippen LogP contribution in [-0.4, -0.2) is 47.1 Å². The molecule has 36 heavy (non-hydrogen) atoms. The summed E-state index contributed by atoms with van der Waals surface area (Å²) in [4.78, 5) is 20.4. The molecule has 9 heteroatoms. The van der Waals surface area contributed by atoms with Crippen molar-refractivity contribution in [2.75, 3.05) is 6.54 Å². The molecule has 1 aliphatic heterocycles. The molecule has 3 aromatic rings. The molecule has 1 amide bonds. The first-order valence-corrected chi connectivity index (χ1v) is 15.0. The van der Waals surface area contributed by atoms with Crippen molar-refractivity contribution in [1.29, 1.82) is 0 Å². The Bertz CT molecular complexity index is 1420. The summed E-state index contributed by atoms with van der Waals surface area (Å²) in [7, 11) is -4.00. The number of rotatable bonds is 6. The lowest BCUT2D eigenvalue weighted by atomic mass is 9.93. The van der Waals surface area contributed by atoms with Gasteiger partial charge in [-0.1, -0.05) is 12.1 Å². The van der Waals surface area contributed by atoms with Crippen LogP contribution in [-0.2, 0) is 21.4 Å². The number of hydrogen-bond donors (Lipinski definition) is 0. The van der Waals surface area contributed by atoms with Crippen molar-refractivity contribution in [3.05, 3.63) is 58.9 Å². The third-order valence-corrected chi connectivity index (χ3v) is 10.9. The predicted octanol–water partition coefficient (Wildman–Crippen LogP) is 5.11. The standard InChI is InChI=1S/C27H30FN3O3S2/c1-17-4-8-22(14-23(17)28)36(33,34)31-10-2-3-25(31)27(32)30(21-7-6-19-12-20(19)13-21)15-18-5-9-26-24(11-18)29-16-35-26/h4-5,8-9,11,14,16,19-21,25H,2-3,6-7,10,12-13,15H2,1H3/t19?,20?,21?,25-/m0/s1. The van der Waals surface area contributed by atoms with Gasteiger partial charge in [-0.15, -0.1) is 11.3 Å². The molecule has 2 aliphatic carbocycles.